The Kier molecular flexibility index (Phi) is 25.3. The molecule has 1 aliphatic carbocycles. The van der Waals surface area contributed by atoms with Crippen molar-refractivity contribution in [1.29, 1.82) is 0 Å². The lowest BCUT2D eigenvalue weighted by molar-refractivity contribution is -0.136. The minimum atomic E-state index is -2.11. The van der Waals surface area contributed by atoms with E-state index in [2.05, 4.69) is 46.9 Å². The third-order valence-corrected chi connectivity index (χ3v) is 13.0. The Labute approximate surface area is 455 Å². The zero-order valence-corrected chi connectivity index (χ0v) is 44.8. The molecule has 2 aromatic carbocycles. The highest BCUT2D eigenvalue weighted by Gasteiger charge is 2.49. The van der Waals surface area contributed by atoms with Crippen LogP contribution in [0.3, 0.4) is 0 Å². The molecule has 0 bridgehead atoms. The summed E-state index contributed by atoms with van der Waals surface area (Å²) in [7, 11) is -2.11. The smallest absolute Gasteiger partial charge is 0.313 e. The Morgan fingerprint density at radius 3 is 2.10 bits per heavy atom. The normalized spacial score (nSPS) is 17.1. The largest absolute Gasteiger partial charge is 0.491 e. The summed E-state index contributed by atoms with van der Waals surface area (Å²) in [6, 6.07) is 7.18. The number of aliphatic imine (C=N–C) groups is 1. The van der Waals surface area contributed by atoms with E-state index in [4.69, 9.17) is 79.3 Å². The zero-order valence-electron chi connectivity index (χ0n) is 43.2. The highest BCUT2D eigenvalue weighted by atomic mass is 35.5. The summed E-state index contributed by atoms with van der Waals surface area (Å²) in [4.78, 5) is 45.7. The van der Waals surface area contributed by atoms with Crippen LogP contribution in [-0.4, -0.2) is 198 Å². The van der Waals surface area contributed by atoms with Crippen LogP contribution in [0.4, 0.5) is 19.0 Å². The van der Waals surface area contributed by atoms with Crippen LogP contribution >= 0.6 is 20.0 Å². The maximum Gasteiger partial charge on any atom is 0.313 e. The number of halogens is 4. The van der Waals surface area contributed by atoms with E-state index < -0.39 is 37.5 Å². The van der Waals surface area contributed by atoms with Crippen molar-refractivity contribution in [2.75, 3.05) is 150 Å². The summed E-state index contributed by atoms with van der Waals surface area (Å²) in [5.74, 6) is 1.39. The van der Waals surface area contributed by atoms with Crippen LogP contribution in [-0.2, 0) is 64.0 Å². The number of carbonyl (C=O) groups is 1. The fourth-order valence-corrected chi connectivity index (χ4v) is 9.21. The first-order valence-electron chi connectivity index (χ1n) is 25.6. The van der Waals surface area contributed by atoms with Crippen molar-refractivity contribution < 1.29 is 84.6 Å². The lowest BCUT2D eigenvalue weighted by Gasteiger charge is -2.49. The molecule has 0 saturated carbocycles. The van der Waals surface area contributed by atoms with Gasteiger partial charge in [-0.25, -0.2) is 17.9 Å². The molecule has 4 aromatic rings. The van der Waals surface area contributed by atoms with Gasteiger partial charge in [-0.1, -0.05) is 6.07 Å². The van der Waals surface area contributed by atoms with Crippen molar-refractivity contribution in [2.24, 2.45) is 15.9 Å². The number of hydrogen-bond donors (Lipinski definition) is 3. The van der Waals surface area contributed by atoms with Gasteiger partial charge in [0.2, 0.25) is 11.0 Å². The molecule has 2 fully saturated rings. The van der Waals surface area contributed by atoms with Crippen molar-refractivity contribution in [3.63, 3.8) is 0 Å². The average Bonchev–Trinajstić information content (AvgIpc) is 4.30. The average molecular weight is 1140 g/mol. The maximum atomic E-state index is 13.6. The number of nitrogens with two attached hydrogens (primary N) is 1. The number of anilines is 1. The maximum absolute atomic E-state index is 13.6. The second-order valence-corrected chi connectivity index (χ2v) is 19.4. The van der Waals surface area contributed by atoms with E-state index in [0.717, 1.165) is 49.3 Å². The Morgan fingerprint density at radius 1 is 0.821 bits per heavy atom. The van der Waals surface area contributed by atoms with E-state index in [1.165, 1.54) is 17.3 Å². The Morgan fingerprint density at radius 2 is 1.45 bits per heavy atom. The summed E-state index contributed by atoms with van der Waals surface area (Å²) in [5.41, 5.74) is 3.67. The number of rotatable bonds is 38. The molecule has 0 amide bonds. The summed E-state index contributed by atoms with van der Waals surface area (Å²) in [5, 5.41) is 9.26. The minimum Gasteiger partial charge on any atom is -0.491 e. The fourth-order valence-electron chi connectivity index (χ4n) is 8.78. The van der Waals surface area contributed by atoms with Gasteiger partial charge in [-0.15, -0.1) is 0 Å². The van der Waals surface area contributed by atoms with Crippen molar-refractivity contribution in [3.8, 4) is 11.5 Å². The van der Waals surface area contributed by atoms with Gasteiger partial charge < -0.3 is 77.4 Å². The zero-order chi connectivity index (χ0) is 55.0. The second kappa shape index (κ2) is 32.5. The van der Waals surface area contributed by atoms with Crippen LogP contribution in [0.5, 0.6) is 11.5 Å². The predicted octanol–water partition coefficient (Wildman–Crippen LogP) is 4.44. The molecule has 4 N–H and O–H groups in total. The molecule has 78 heavy (non-hydrogen) atoms. The van der Waals surface area contributed by atoms with E-state index in [9.17, 15) is 18.0 Å². The van der Waals surface area contributed by atoms with E-state index in [1.54, 1.807) is 10.9 Å². The fraction of sp³-hybridized carbons (Fsp3) is 0.600. The number of hydrazone groups is 1. The lowest BCUT2D eigenvalue weighted by atomic mass is 9.74. The SMILES string of the molecule is N/N=C(\C=NCCOCCOCCOCCOCCC(=O)Oc1c(F)cc(F)cc1F)COCCOCCOCCOCCOc1ccc2c(c1)C1(CC2)CN(c2nc(Cl)nc3c2cnn3C2CCC(COCP(O)O)O2)C1. The topological polar surface area (TPSA) is 266 Å². The Bertz CT molecular complexity index is 2530. The molecule has 3 aliphatic rings. The minimum absolute atomic E-state index is 0.0228. The molecule has 430 valence electrons. The van der Waals surface area contributed by atoms with Gasteiger partial charge in [0.15, 0.2) is 31.9 Å². The number of nitrogens with zero attached hydrogens (tertiary/aromatic N) is 7. The third kappa shape index (κ3) is 18.9. The lowest BCUT2D eigenvalue weighted by Crippen LogP contribution is -2.58. The van der Waals surface area contributed by atoms with Crippen LogP contribution in [0, 0.1) is 17.5 Å². The molecule has 23 nitrogen and oxygen atoms in total. The molecule has 7 rings (SSSR count). The van der Waals surface area contributed by atoms with Crippen LogP contribution < -0.4 is 20.2 Å². The van der Waals surface area contributed by atoms with E-state index in [1.807, 2.05) is 6.07 Å². The Balaban J connectivity index is 0.637. The highest BCUT2D eigenvalue weighted by molar-refractivity contribution is 7.44. The van der Waals surface area contributed by atoms with Gasteiger partial charge in [0.1, 0.15) is 36.1 Å². The quantitative estimate of drug-likeness (QED) is 0.00818. The van der Waals surface area contributed by atoms with Crippen molar-refractivity contribution in [1.82, 2.24) is 19.7 Å². The summed E-state index contributed by atoms with van der Waals surface area (Å²) in [6.07, 6.45) is 5.86. The molecule has 1 spiro atoms. The van der Waals surface area contributed by atoms with Gasteiger partial charge in [-0.3, -0.25) is 9.79 Å². The highest BCUT2D eigenvalue weighted by Crippen LogP contribution is 2.49. The molecule has 2 aromatic heterocycles. The molecule has 28 heteroatoms. The first-order valence-corrected chi connectivity index (χ1v) is 27.4. The third-order valence-electron chi connectivity index (χ3n) is 12.5. The molecule has 2 unspecified atom stereocenters. The molecule has 2 atom stereocenters. The van der Waals surface area contributed by atoms with E-state index in [0.29, 0.717) is 122 Å². The van der Waals surface area contributed by atoms with Gasteiger partial charge in [0.05, 0.1) is 143 Å². The van der Waals surface area contributed by atoms with E-state index >= 15 is 0 Å². The summed E-state index contributed by atoms with van der Waals surface area (Å²) >= 11 is 6.49. The number of carbonyl (C=O) groups excluding carboxylic acids is 1. The van der Waals surface area contributed by atoms with Crippen molar-refractivity contribution >= 4 is 54.7 Å². The monoisotopic (exact) mass is 1140 g/mol. The van der Waals surface area contributed by atoms with Gasteiger partial charge in [-0.2, -0.15) is 20.2 Å². The van der Waals surface area contributed by atoms with Crippen LogP contribution in [0.25, 0.3) is 11.0 Å². The molecular weight excluding hydrogens is 1080 g/mol. The Hall–Kier alpha value is -4.77. The number of benzene rings is 2. The van der Waals surface area contributed by atoms with Gasteiger partial charge in [0.25, 0.3) is 0 Å². The van der Waals surface area contributed by atoms with Gasteiger partial charge >= 0.3 is 5.97 Å². The van der Waals surface area contributed by atoms with Crippen molar-refractivity contribution in [3.05, 3.63) is 70.4 Å². The first-order chi connectivity index (χ1) is 38.0. The van der Waals surface area contributed by atoms with Crippen LogP contribution in [0.1, 0.15) is 43.0 Å². The predicted molar refractivity (Wildman–Crippen MR) is 278 cm³/mol. The summed E-state index contributed by atoms with van der Waals surface area (Å²) in [6.45, 7) is 7.64. The first kappa shape index (κ1) is 60.9. The number of fused-ring (bicyclic) bond motifs is 3. The molecule has 4 heterocycles. The van der Waals surface area contributed by atoms with Gasteiger partial charge in [-0.05, 0) is 60.5 Å². The second-order valence-electron chi connectivity index (χ2n) is 18.0. The molecule has 0 radical (unpaired) electrons. The molecular formula is C50H67ClF3N8O15P. The number of esters is 1. The van der Waals surface area contributed by atoms with Crippen LogP contribution in [0.15, 0.2) is 46.6 Å². The van der Waals surface area contributed by atoms with Crippen LogP contribution in [0.2, 0.25) is 5.28 Å². The molecule has 2 saturated heterocycles. The number of hydrogen-bond acceptors (Lipinski definition) is 22. The number of ether oxygens (including phenoxy) is 12. The number of aromatic nitrogens is 4. The summed E-state index contributed by atoms with van der Waals surface area (Å²) < 4.78 is 108. The molecule has 2 aliphatic heterocycles. The standard InChI is InChI=1S/C50H67ClF3N8O15P/c51-49-58-47(40-29-57-62(48(40)59-49)44-4-3-39(76-44)31-74-34-78(64)65)61-32-50(33-61)7-5-35-1-2-38(27-41(35)50)75-24-23-72-20-19-70-17-18-71-21-22-73-30-37(60-55)28-56-8-10-67-12-14-69-16-15-68-13-11-66-9-6-45(63)77-46-42(53)25-36(52)26-43(46)54/h1-2,25-29,39,44,64-65H,3-24,30-34,55H2/b56-28?,60-37+. The van der Waals surface area contributed by atoms with Crippen molar-refractivity contribution in [2.45, 2.75) is 49.9 Å². The number of aryl methyl sites for hydroxylation is 1. The van der Waals surface area contributed by atoms with Gasteiger partial charge in [0, 0.05) is 36.9 Å². The van der Waals surface area contributed by atoms with E-state index in [-0.39, 0.29) is 68.8 Å².